The van der Waals surface area contributed by atoms with E-state index in [1.165, 1.54) is 88.6 Å². The number of para-hydroxylation sites is 2. The number of aromatic nitrogens is 1. The maximum absolute atomic E-state index is 2.41. The van der Waals surface area contributed by atoms with E-state index in [9.17, 15) is 0 Å². The molecule has 1 heteroatoms. The zero-order valence-electron chi connectivity index (χ0n) is 31.3. The molecule has 0 radical (unpaired) electrons. The summed E-state index contributed by atoms with van der Waals surface area (Å²) in [5.74, 6) is 0. The topological polar surface area (TPSA) is 4.93 Å². The average molecular weight is 724 g/mol. The molecule has 9 aromatic carbocycles. The first-order valence-corrected chi connectivity index (χ1v) is 19.9. The van der Waals surface area contributed by atoms with Gasteiger partial charge in [-0.3, -0.25) is 0 Å². The number of hydrogen-bond donors (Lipinski definition) is 0. The molecule has 0 bridgehead atoms. The van der Waals surface area contributed by atoms with E-state index >= 15 is 0 Å². The molecule has 2 atom stereocenters. The highest BCUT2D eigenvalue weighted by atomic mass is 15.0. The van der Waals surface area contributed by atoms with Gasteiger partial charge >= 0.3 is 0 Å². The average Bonchev–Trinajstić information content (AvgIpc) is 3.79. The highest BCUT2D eigenvalue weighted by molar-refractivity contribution is 6.09. The van der Waals surface area contributed by atoms with Crippen LogP contribution in [0.1, 0.15) is 44.5 Å². The molecule has 0 N–H and O–H groups in total. The lowest BCUT2D eigenvalue weighted by Gasteiger charge is -2.49. The third kappa shape index (κ3) is 4.23. The number of fused-ring (bicyclic) bond motifs is 8. The second kappa shape index (κ2) is 12.1. The fourth-order valence-electron chi connectivity index (χ4n) is 10.8. The van der Waals surface area contributed by atoms with Gasteiger partial charge in [-0.15, -0.1) is 0 Å². The van der Waals surface area contributed by atoms with E-state index in [2.05, 4.69) is 229 Å². The molecule has 57 heavy (non-hydrogen) atoms. The molecule has 1 heterocycles. The molecular formula is C56H37N. The Morgan fingerprint density at radius 3 is 1.35 bits per heavy atom. The molecule has 2 unspecified atom stereocenters. The van der Waals surface area contributed by atoms with Gasteiger partial charge in [0.15, 0.2) is 0 Å². The smallest absolute Gasteiger partial charge is 0.0720 e. The minimum Gasteiger partial charge on any atom is -0.309 e. The Kier molecular flexibility index (Phi) is 6.83. The molecule has 0 amide bonds. The van der Waals surface area contributed by atoms with Crippen LogP contribution in [0.15, 0.2) is 224 Å². The molecule has 0 saturated heterocycles. The maximum Gasteiger partial charge on any atom is 0.0720 e. The largest absolute Gasteiger partial charge is 0.309 e. The molecule has 2 aliphatic rings. The first kappa shape index (κ1) is 32.1. The van der Waals surface area contributed by atoms with Crippen molar-refractivity contribution in [3.05, 3.63) is 269 Å². The lowest BCUT2D eigenvalue weighted by Crippen LogP contribution is -2.44. The molecule has 0 fully saturated rings. The van der Waals surface area contributed by atoms with Crippen molar-refractivity contribution in [2.75, 3.05) is 0 Å². The monoisotopic (exact) mass is 723 g/mol. The second-order valence-corrected chi connectivity index (χ2v) is 15.5. The summed E-state index contributed by atoms with van der Waals surface area (Å²) in [6.45, 7) is 0. The lowest BCUT2D eigenvalue weighted by molar-refractivity contribution is 0.627. The molecule has 0 aliphatic heterocycles. The van der Waals surface area contributed by atoms with E-state index < -0.39 is 10.8 Å². The Morgan fingerprint density at radius 2 is 0.719 bits per heavy atom. The molecule has 0 saturated carbocycles. The molecule has 2 aliphatic carbocycles. The molecule has 12 rings (SSSR count). The second-order valence-electron chi connectivity index (χ2n) is 15.5. The Hall–Kier alpha value is -7.22. The highest BCUT2D eigenvalue weighted by Gasteiger charge is 2.57. The van der Waals surface area contributed by atoms with Crippen molar-refractivity contribution in [3.8, 4) is 27.9 Å². The fourth-order valence-corrected chi connectivity index (χ4v) is 10.8. The molecule has 266 valence electrons. The third-order valence-electron chi connectivity index (χ3n) is 13.0. The van der Waals surface area contributed by atoms with Crippen molar-refractivity contribution >= 4 is 21.8 Å². The van der Waals surface area contributed by atoms with Gasteiger partial charge in [-0.1, -0.05) is 200 Å². The predicted octanol–water partition coefficient (Wildman–Crippen LogP) is 13.5. The van der Waals surface area contributed by atoms with Gasteiger partial charge in [-0.2, -0.15) is 0 Å². The van der Waals surface area contributed by atoms with Crippen LogP contribution in [0.5, 0.6) is 0 Å². The summed E-state index contributed by atoms with van der Waals surface area (Å²) in [5, 5.41) is 2.55. The van der Waals surface area contributed by atoms with Crippen LogP contribution in [0, 0.1) is 0 Å². The normalized spacial score (nSPS) is 17.6. The van der Waals surface area contributed by atoms with E-state index in [4.69, 9.17) is 0 Å². The van der Waals surface area contributed by atoms with Gasteiger partial charge in [0.05, 0.1) is 21.9 Å². The zero-order chi connectivity index (χ0) is 37.6. The van der Waals surface area contributed by atoms with Crippen molar-refractivity contribution in [3.63, 3.8) is 0 Å². The summed E-state index contributed by atoms with van der Waals surface area (Å²) in [6, 6.07) is 83.7. The van der Waals surface area contributed by atoms with Gasteiger partial charge < -0.3 is 4.57 Å². The minimum absolute atomic E-state index is 0.448. The predicted molar refractivity (Wildman–Crippen MR) is 235 cm³/mol. The number of hydrogen-bond acceptors (Lipinski definition) is 0. The van der Waals surface area contributed by atoms with Crippen molar-refractivity contribution in [2.24, 2.45) is 0 Å². The van der Waals surface area contributed by atoms with E-state index in [1.807, 2.05) is 0 Å². The van der Waals surface area contributed by atoms with Crippen LogP contribution < -0.4 is 0 Å². The highest BCUT2D eigenvalue weighted by Crippen LogP contribution is 2.65. The first-order chi connectivity index (χ1) is 28.3. The Morgan fingerprint density at radius 1 is 0.281 bits per heavy atom. The quantitative estimate of drug-likeness (QED) is 0.167. The van der Waals surface area contributed by atoms with E-state index in [0.29, 0.717) is 0 Å². The number of rotatable bonds is 5. The molecule has 1 nitrogen and oxygen atoms in total. The standard InChI is InChI=1S/C56H37N/c1-3-16-40(17-4-1)55(42-34-30-38(31-35-42)39-32-36-43(37-33-39)57-52-28-13-8-21-45(52)46-22-9-14-29-53(46)57)49-25-11-12-26-50(49)56(41-18-5-2-6-19-41)48-24-10-7-20-44(48)47-23-15-27-51(55)54(47)56/h1-37H. The third-order valence-corrected chi connectivity index (χ3v) is 13.0. The first-order valence-electron chi connectivity index (χ1n) is 19.9. The summed E-state index contributed by atoms with van der Waals surface area (Å²) in [4.78, 5) is 0. The van der Waals surface area contributed by atoms with Crippen LogP contribution in [0.4, 0.5) is 0 Å². The van der Waals surface area contributed by atoms with Gasteiger partial charge in [0.1, 0.15) is 0 Å². The Balaban J connectivity index is 1.06. The van der Waals surface area contributed by atoms with E-state index in [1.54, 1.807) is 0 Å². The maximum atomic E-state index is 2.41. The SMILES string of the molecule is c1ccc(C2(c3ccc(-c4ccc(-n5c6ccccc6c6ccccc65)cc4)cc3)c3ccccc3C3(c4ccccc4)c4ccccc4-c4cccc2c43)cc1. The van der Waals surface area contributed by atoms with Crippen LogP contribution in [-0.2, 0) is 10.8 Å². The van der Waals surface area contributed by atoms with Crippen LogP contribution in [-0.4, -0.2) is 4.57 Å². The van der Waals surface area contributed by atoms with Crippen LogP contribution >= 0.6 is 0 Å². The lowest BCUT2D eigenvalue weighted by atomic mass is 9.51. The molecule has 1 aromatic heterocycles. The number of nitrogens with zero attached hydrogens (tertiary/aromatic N) is 1. The Labute approximate surface area is 332 Å². The van der Waals surface area contributed by atoms with Crippen LogP contribution in [0.3, 0.4) is 0 Å². The zero-order valence-corrected chi connectivity index (χ0v) is 31.3. The Bertz CT molecular complexity index is 3100. The molecular weight excluding hydrogens is 687 g/mol. The van der Waals surface area contributed by atoms with Gasteiger partial charge in [0, 0.05) is 16.5 Å². The van der Waals surface area contributed by atoms with Crippen molar-refractivity contribution in [1.29, 1.82) is 0 Å². The minimum atomic E-state index is -0.553. The van der Waals surface area contributed by atoms with Gasteiger partial charge in [0.25, 0.3) is 0 Å². The van der Waals surface area contributed by atoms with Gasteiger partial charge in [0.2, 0.25) is 0 Å². The summed E-state index contributed by atoms with van der Waals surface area (Å²) in [7, 11) is 0. The summed E-state index contributed by atoms with van der Waals surface area (Å²) in [6.07, 6.45) is 0. The van der Waals surface area contributed by atoms with E-state index in [0.717, 1.165) is 5.69 Å². The summed E-state index contributed by atoms with van der Waals surface area (Å²) in [5.41, 5.74) is 18.2. The molecule has 0 spiro atoms. The summed E-state index contributed by atoms with van der Waals surface area (Å²) < 4.78 is 2.38. The van der Waals surface area contributed by atoms with Crippen molar-refractivity contribution in [2.45, 2.75) is 10.8 Å². The van der Waals surface area contributed by atoms with Crippen LogP contribution in [0.25, 0.3) is 49.7 Å². The van der Waals surface area contributed by atoms with Crippen molar-refractivity contribution < 1.29 is 0 Å². The molecule has 10 aromatic rings. The fraction of sp³-hybridized carbons (Fsp3) is 0.0357. The van der Waals surface area contributed by atoms with E-state index in [-0.39, 0.29) is 0 Å². The number of benzene rings is 9. The van der Waals surface area contributed by atoms with Gasteiger partial charge in [-0.25, -0.2) is 0 Å². The van der Waals surface area contributed by atoms with Crippen LogP contribution in [0.2, 0.25) is 0 Å². The summed E-state index contributed by atoms with van der Waals surface area (Å²) >= 11 is 0. The van der Waals surface area contributed by atoms with Gasteiger partial charge in [-0.05, 0) is 91.0 Å². The van der Waals surface area contributed by atoms with Crippen molar-refractivity contribution in [1.82, 2.24) is 4.57 Å².